The van der Waals surface area contributed by atoms with Crippen LogP contribution in [0.15, 0.2) is 6.07 Å². The van der Waals surface area contributed by atoms with E-state index in [9.17, 15) is 9.59 Å². The van der Waals surface area contributed by atoms with Crippen molar-refractivity contribution in [3.8, 4) is 0 Å². The molecule has 0 aliphatic heterocycles. The highest BCUT2D eigenvalue weighted by Gasteiger charge is 2.20. The van der Waals surface area contributed by atoms with E-state index in [1.54, 1.807) is 31.9 Å². The van der Waals surface area contributed by atoms with Gasteiger partial charge in [0.1, 0.15) is 5.82 Å². The standard InChI is InChI=1S/C13H19N3O3/c1-7-5-9(3)15-12(10(7)11(14)17)16(4)6-8(2)13(18)19/h5,8H,6H2,1-4H3,(H2,14,17)(H,18,19). The molecule has 1 unspecified atom stereocenters. The first kappa shape index (κ1) is 14.9. The highest BCUT2D eigenvalue weighted by atomic mass is 16.4. The van der Waals surface area contributed by atoms with Gasteiger partial charge in [0.15, 0.2) is 0 Å². The summed E-state index contributed by atoms with van der Waals surface area (Å²) < 4.78 is 0. The third kappa shape index (κ3) is 3.43. The van der Waals surface area contributed by atoms with Crippen molar-refractivity contribution in [1.29, 1.82) is 0 Å². The SMILES string of the molecule is Cc1cc(C)c(C(N)=O)c(N(C)CC(C)C(=O)O)n1. The van der Waals surface area contributed by atoms with Gasteiger partial charge in [-0.2, -0.15) is 0 Å². The quantitative estimate of drug-likeness (QED) is 0.826. The van der Waals surface area contributed by atoms with Crippen LogP contribution in [0.4, 0.5) is 5.82 Å². The normalized spacial score (nSPS) is 12.0. The van der Waals surface area contributed by atoms with Crippen LogP contribution in [0.1, 0.15) is 28.5 Å². The zero-order valence-electron chi connectivity index (χ0n) is 11.6. The molecule has 0 bridgehead atoms. The van der Waals surface area contributed by atoms with Crippen LogP contribution in [0.3, 0.4) is 0 Å². The number of carboxylic acid groups (broad SMARTS) is 1. The number of anilines is 1. The lowest BCUT2D eigenvalue weighted by Crippen LogP contribution is -2.31. The van der Waals surface area contributed by atoms with Crippen molar-refractivity contribution in [1.82, 2.24) is 4.98 Å². The second kappa shape index (κ2) is 5.69. The first-order chi connectivity index (χ1) is 8.73. The average molecular weight is 265 g/mol. The number of carbonyl (C=O) groups is 2. The maximum Gasteiger partial charge on any atom is 0.308 e. The Hall–Kier alpha value is -2.11. The number of aryl methyl sites for hydroxylation is 2. The van der Waals surface area contributed by atoms with E-state index in [4.69, 9.17) is 10.8 Å². The second-order valence-electron chi connectivity index (χ2n) is 4.76. The summed E-state index contributed by atoms with van der Waals surface area (Å²) in [5, 5.41) is 8.93. The molecule has 1 atom stereocenters. The summed E-state index contributed by atoms with van der Waals surface area (Å²) >= 11 is 0. The predicted molar refractivity (Wildman–Crippen MR) is 72.3 cm³/mol. The molecule has 6 nitrogen and oxygen atoms in total. The number of amides is 1. The number of aliphatic carboxylic acids is 1. The fourth-order valence-electron chi connectivity index (χ4n) is 1.97. The van der Waals surface area contributed by atoms with Crippen molar-refractivity contribution < 1.29 is 14.7 Å². The van der Waals surface area contributed by atoms with Crippen molar-refractivity contribution in [2.45, 2.75) is 20.8 Å². The fraction of sp³-hybridized carbons (Fsp3) is 0.462. The molecular formula is C13H19N3O3. The van der Waals surface area contributed by atoms with Crippen molar-refractivity contribution in [2.75, 3.05) is 18.5 Å². The number of carboxylic acids is 1. The minimum atomic E-state index is -0.892. The lowest BCUT2D eigenvalue weighted by molar-refractivity contribution is -0.140. The number of nitrogens with two attached hydrogens (primary N) is 1. The minimum Gasteiger partial charge on any atom is -0.481 e. The molecular weight excluding hydrogens is 246 g/mol. The van der Waals surface area contributed by atoms with Gasteiger partial charge in [0.25, 0.3) is 5.91 Å². The molecule has 0 radical (unpaired) electrons. The van der Waals surface area contributed by atoms with E-state index in [-0.39, 0.29) is 6.54 Å². The smallest absolute Gasteiger partial charge is 0.308 e. The molecule has 0 aliphatic rings. The van der Waals surface area contributed by atoms with E-state index in [1.807, 2.05) is 6.92 Å². The van der Waals surface area contributed by atoms with Gasteiger partial charge in [-0.25, -0.2) is 4.98 Å². The largest absolute Gasteiger partial charge is 0.481 e. The Morgan fingerprint density at radius 3 is 2.53 bits per heavy atom. The van der Waals surface area contributed by atoms with E-state index in [0.29, 0.717) is 11.4 Å². The number of aromatic nitrogens is 1. The van der Waals surface area contributed by atoms with Crippen LogP contribution in [0.2, 0.25) is 0 Å². The molecule has 1 aromatic heterocycles. The Morgan fingerprint density at radius 2 is 2.05 bits per heavy atom. The van der Waals surface area contributed by atoms with Crippen LogP contribution in [0.25, 0.3) is 0 Å². The van der Waals surface area contributed by atoms with Gasteiger partial charge in [-0.1, -0.05) is 6.92 Å². The molecule has 0 saturated carbocycles. The average Bonchev–Trinajstić information content (AvgIpc) is 2.26. The van der Waals surface area contributed by atoms with Crippen molar-refractivity contribution in [3.05, 3.63) is 22.9 Å². The summed E-state index contributed by atoms with van der Waals surface area (Å²) in [6.45, 7) is 5.46. The molecule has 1 rings (SSSR count). The molecule has 6 heteroatoms. The van der Waals surface area contributed by atoms with Gasteiger partial charge in [0.05, 0.1) is 11.5 Å². The van der Waals surface area contributed by atoms with Gasteiger partial charge in [-0.05, 0) is 25.5 Å². The van der Waals surface area contributed by atoms with Crippen LogP contribution in [-0.4, -0.2) is 35.6 Å². The van der Waals surface area contributed by atoms with Gasteiger partial charge in [-0.3, -0.25) is 9.59 Å². The number of pyridine rings is 1. The third-order valence-corrected chi connectivity index (χ3v) is 2.90. The van der Waals surface area contributed by atoms with E-state index < -0.39 is 17.8 Å². The van der Waals surface area contributed by atoms with Crippen molar-refractivity contribution in [3.63, 3.8) is 0 Å². The van der Waals surface area contributed by atoms with Crippen LogP contribution in [0.5, 0.6) is 0 Å². The van der Waals surface area contributed by atoms with Gasteiger partial charge >= 0.3 is 5.97 Å². The molecule has 104 valence electrons. The van der Waals surface area contributed by atoms with Crippen molar-refractivity contribution >= 4 is 17.7 Å². The van der Waals surface area contributed by atoms with Gasteiger partial charge in [-0.15, -0.1) is 0 Å². The minimum absolute atomic E-state index is 0.255. The maximum atomic E-state index is 11.5. The molecule has 0 saturated heterocycles. The van der Waals surface area contributed by atoms with Gasteiger partial charge in [0, 0.05) is 19.3 Å². The Kier molecular flexibility index (Phi) is 4.47. The Morgan fingerprint density at radius 1 is 1.47 bits per heavy atom. The molecule has 3 N–H and O–H groups in total. The molecule has 0 aliphatic carbocycles. The van der Waals surface area contributed by atoms with E-state index in [1.165, 1.54) is 0 Å². The van der Waals surface area contributed by atoms with Crippen LogP contribution in [-0.2, 0) is 4.79 Å². The zero-order valence-corrected chi connectivity index (χ0v) is 11.6. The van der Waals surface area contributed by atoms with E-state index >= 15 is 0 Å². The number of rotatable bonds is 5. The van der Waals surface area contributed by atoms with Crippen LogP contribution < -0.4 is 10.6 Å². The molecule has 1 amide bonds. The van der Waals surface area contributed by atoms with Gasteiger partial charge < -0.3 is 15.7 Å². The first-order valence-corrected chi connectivity index (χ1v) is 5.96. The Balaban J connectivity index is 3.18. The summed E-state index contributed by atoms with van der Waals surface area (Å²) in [6.07, 6.45) is 0. The maximum absolute atomic E-state index is 11.5. The first-order valence-electron chi connectivity index (χ1n) is 5.96. The van der Waals surface area contributed by atoms with Crippen LogP contribution >= 0.6 is 0 Å². The zero-order chi connectivity index (χ0) is 14.7. The topological polar surface area (TPSA) is 96.5 Å². The summed E-state index contributed by atoms with van der Waals surface area (Å²) in [4.78, 5) is 28.3. The predicted octanol–water partition coefficient (Wildman–Crippen LogP) is 0.954. The Labute approximate surface area is 112 Å². The molecule has 1 heterocycles. The fourth-order valence-corrected chi connectivity index (χ4v) is 1.97. The second-order valence-corrected chi connectivity index (χ2v) is 4.76. The number of nitrogens with zero attached hydrogens (tertiary/aromatic N) is 2. The number of hydrogen-bond donors (Lipinski definition) is 2. The van der Waals surface area contributed by atoms with Crippen LogP contribution in [0, 0.1) is 19.8 Å². The van der Waals surface area contributed by atoms with Crippen molar-refractivity contribution in [2.24, 2.45) is 11.7 Å². The monoisotopic (exact) mass is 265 g/mol. The molecule has 0 aromatic carbocycles. The highest BCUT2D eigenvalue weighted by Crippen LogP contribution is 2.22. The molecule has 0 fully saturated rings. The third-order valence-electron chi connectivity index (χ3n) is 2.90. The Bertz CT molecular complexity index is 514. The summed E-state index contributed by atoms with van der Waals surface area (Å²) in [5.41, 5.74) is 7.21. The number of hydrogen-bond acceptors (Lipinski definition) is 4. The molecule has 19 heavy (non-hydrogen) atoms. The lowest BCUT2D eigenvalue weighted by Gasteiger charge is -2.23. The molecule has 1 aromatic rings. The molecule has 0 spiro atoms. The number of carbonyl (C=O) groups excluding carboxylic acids is 1. The lowest BCUT2D eigenvalue weighted by atomic mass is 10.1. The van der Waals surface area contributed by atoms with E-state index in [0.717, 1.165) is 11.3 Å². The summed E-state index contributed by atoms with van der Waals surface area (Å²) in [6, 6.07) is 1.78. The summed E-state index contributed by atoms with van der Waals surface area (Å²) in [7, 11) is 1.70. The highest BCUT2D eigenvalue weighted by molar-refractivity contribution is 5.99. The van der Waals surface area contributed by atoms with E-state index in [2.05, 4.69) is 4.98 Å². The summed E-state index contributed by atoms with van der Waals surface area (Å²) in [5.74, 6) is -1.59. The number of primary amides is 1. The van der Waals surface area contributed by atoms with Gasteiger partial charge in [0.2, 0.25) is 0 Å².